The molecule has 6 heteroatoms. The number of pyridine rings is 1. The predicted octanol–water partition coefficient (Wildman–Crippen LogP) is 3.47. The monoisotopic (exact) mass is 273 g/mol. The largest absolute Gasteiger partial charge is 0.465 e. The van der Waals surface area contributed by atoms with E-state index in [4.69, 9.17) is 23.2 Å². The SMILES string of the molecule is COC(=O)c1cnc2c(F)c(Cl)ccc2c1Cl. The van der Waals surface area contributed by atoms with Crippen LogP contribution in [-0.4, -0.2) is 18.1 Å². The Morgan fingerprint density at radius 2 is 2.12 bits per heavy atom. The lowest BCUT2D eigenvalue weighted by Gasteiger charge is -2.06. The van der Waals surface area contributed by atoms with E-state index in [1.54, 1.807) is 0 Å². The highest BCUT2D eigenvalue weighted by Crippen LogP contribution is 2.30. The number of fused-ring (bicyclic) bond motifs is 1. The number of rotatable bonds is 1. The molecule has 0 spiro atoms. The van der Waals surface area contributed by atoms with E-state index < -0.39 is 11.8 Å². The van der Waals surface area contributed by atoms with Crippen LogP contribution in [-0.2, 0) is 4.74 Å². The van der Waals surface area contributed by atoms with Crippen LogP contribution in [0.3, 0.4) is 0 Å². The first kappa shape index (κ1) is 12.1. The van der Waals surface area contributed by atoms with E-state index in [2.05, 4.69) is 9.72 Å². The average molecular weight is 274 g/mol. The van der Waals surface area contributed by atoms with Gasteiger partial charge in [0.25, 0.3) is 0 Å². The minimum absolute atomic E-state index is 0.0233. The smallest absolute Gasteiger partial charge is 0.340 e. The molecule has 0 unspecified atom stereocenters. The molecule has 0 aliphatic rings. The number of halogens is 3. The Hall–Kier alpha value is -1.39. The second-order valence-corrected chi connectivity index (χ2v) is 4.02. The molecule has 0 atom stereocenters. The third-order valence-corrected chi connectivity index (χ3v) is 2.97. The van der Waals surface area contributed by atoms with Crippen LogP contribution < -0.4 is 0 Å². The van der Waals surface area contributed by atoms with Gasteiger partial charge >= 0.3 is 5.97 Å². The fourth-order valence-corrected chi connectivity index (χ4v) is 1.86. The van der Waals surface area contributed by atoms with Crippen molar-refractivity contribution in [3.63, 3.8) is 0 Å². The van der Waals surface area contributed by atoms with Crippen molar-refractivity contribution in [1.82, 2.24) is 4.98 Å². The lowest BCUT2D eigenvalue weighted by atomic mass is 10.1. The summed E-state index contributed by atoms with van der Waals surface area (Å²) in [5.41, 5.74) is 0.110. The van der Waals surface area contributed by atoms with Crippen LogP contribution in [0.5, 0.6) is 0 Å². The molecule has 0 amide bonds. The van der Waals surface area contributed by atoms with E-state index in [1.165, 1.54) is 19.2 Å². The molecule has 88 valence electrons. The summed E-state index contributed by atoms with van der Waals surface area (Å²) in [6, 6.07) is 2.86. The van der Waals surface area contributed by atoms with Crippen LogP contribution in [0.15, 0.2) is 18.3 Å². The molecular formula is C11H6Cl2FNO2. The van der Waals surface area contributed by atoms with Crippen molar-refractivity contribution in [2.75, 3.05) is 7.11 Å². The van der Waals surface area contributed by atoms with Crippen molar-refractivity contribution in [3.05, 3.63) is 39.8 Å². The second kappa shape index (κ2) is 4.47. The first-order chi connectivity index (χ1) is 8.06. The molecule has 0 N–H and O–H groups in total. The maximum atomic E-state index is 13.6. The van der Waals surface area contributed by atoms with Crippen molar-refractivity contribution in [2.24, 2.45) is 0 Å². The Morgan fingerprint density at radius 1 is 1.41 bits per heavy atom. The number of benzene rings is 1. The maximum Gasteiger partial charge on any atom is 0.340 e. The molecule has 1 aromatic carbocycles. The van der Waals surface area contributed by atoms with Crippen molar-refractivity contribution < 1.29 is 13.9 Å². The van der Waals surface area contributed by atoms with E-state index in [0.717, 1.165) is 6.20 Å². The molecule has 1 heterocycles. The molecule has 2 aromatic rings. The van der Waals surface area contributed by atoms with E-state index in [1.807, 2.05) is 0 Å². The van der Waals surface area contributed by atoms with Gasteiger partial charge < -0.3 is 4.74 Å². The molecule has 0 saturated carbocycles. The number of ether oxygens (including phenoxy) is 1. The third kappa shape index (κ3) is 1.94. The van der Waals surface area contributed by atoms with Crippen molar-refractivity contribution in [1.29, 1.82) is 0 Å². The van der Waals surface area contributed by atoms with Crippen LogP contribution in [0, 0.1) is 5.82 Å². The van der Waals surface area contributed by atoms with Gasteiger partial charge in [-0.2, -0.15) is 0 Å². The Morgan fingerprint density at radius 3 is 2.76 bits per heavy atom. The third-order valence-electron chi connectivity index (χ3n) is 2.27. The summed E-state index contributed by atoms with van der Waals surface area (Å²) in [4.78, 5) is 15.2. The summed E-state index contributed by atoms with van der Waals surface area (Å²) in [6.45, 7) is 0. The molecule has 0 aliphatic carbocycles. The van der Waals surface area contributed by atoms with Crippen LogP contribution in [0.1, 0.15) is 10.4 Å². The van der Waals surface area contributed by atoms with Gasteiger partial charge in [0.15, 0.2) is 5.82 Å². The molecular weight excluding hydrogens is 268 g/mol. The maximum absolute atomic E-state index is 13.6. The summed E-state index contributed by atoms with van der Waals surface area (Å²) in [6.07, 6.45) is 1.16. The lowest BCUT2D eigenvalue weighted by molar-refractivity contribution is 0.0600. The highest BCUT2D eigenvalue weighted by atomic mass is 35.5. The molecule has 0 aliphatic heterocycles. The van der Waals surface area contributed by atoms with Gasteiger partial charge in [0, 0.05) is 11.6 Å². The quantitative estimate of drug-likeness (QED) is 0.747. The standard InChI is InChI=1S/C11H6Cl2FNO2/c1-17-11(16)6-4-15-10-5(8(6)13)2-3-7(12)9(10)14/h2-4H,1H3. The number of nitrogens with zero attached hydrogens (tertiary/aromatic N) is 1. The Bertz CT molecular complexity index is 616. The predicted molar refractivity (Wildman–Crippen MR) is 63.1 cm³/mol. The number of hydrogen-bond donors (Lipinski definition) is 0. The lowest BCUT2D eigenvalue weighted by Crippen LogP contribution is -2.03. The number of aromatic nitrogens is 1. The minimum atomic E-state index is -0.664. The van der Waals surface area contributed by atoms with Gasteiger partial charge in [-0.15, -0.1) is 0 Å². The summed E-state index contributed by atoms with van der Waals surface area (Å²) in [7, 11) is 1.23. The molecule has 0 saturated heterocycles. The molecule has 17 heavy (non-hydrogen) atoms. The van der Waals surface area contributed by atoms with Crippen LogP contribution in [0.2, 0.25) is 10.0 Å². The van der Waals surface area contributed by atoms with E-state index in [9.17, 15) is 9.18 Å². The van der Waals surface area contributed by atoms with E-state index in [-0.39, 0.29) is 21.1 Å². The first-order valence-electron chi connectivity index (χ1n) is 4.56. The summed E-state index contributed by atoms with van der Waals surface area (Å²) >= 11 is 11.6. The number of carbonyl (C=O) groups is 1. The first-order valence-corrected chi connectivity index (χ1v) is 5.32. The summed E-state index contributed by atoms with van der Waals surface area (Å²) in [5.74, 6) is -1.29. The fourth-order valence-electron chi connectivity index (χ4n) is 1.43. The average Bonchev–Trinajstić information content (AvgIpc) is 2.33. The Kier molecular flexibility index (Phi) is 3.17. The van der Waals surface area contributed by atoms with Gasteiger partial charge in [0.1, 0.15) is 5.52 Å². The zero-order valence-corrected chi connectivity index (χ0v) is 10.1. The number of carbonyl (C=O) groups excluding carboxylic acids is 1. The molecule has 0 fully saturated rings. The van der Waals surface area contributed by atoms with Gasteiger partial charge in [-0.1, -0.05) is 23.2 Å². The van der Waals surface area contributed by atoms with Crippen molar-refractivity contribution >= 4 is 40.1 Å². The second-order valence-electron chi connectivity index (χ2n) is 3.23. The summed E-state index contributed by atoms with van der Waals surface area (Å²) in [5, 5.41) is 0.362. The fraction of sp³-hybridized carbons (Fsp3) is 0.0909. The number of esters is 1. The van der Waals surface area contributed by atoms with Crippen LogP contribution >= 0.6 is 23.2 Å². The topological polar surface area (TPSA) is 39.2 Å². The van der Waals surface area contributed by atoms with Gasteiger partial charge in [-0.25, -0.2) is 9.18 Å². The van der Waals surface area contributed by atoms with Crippen molar-refractivity contribution in [2.45, 2.75) is 0 Å². The normalized spacial score (nSPS) is 10.6. The van der Waals surface area contributed by atoms with Crippen LogP contribution in [0.25, 0.3) is 10.9 Å². The van der Waals surface area contributed by atoms with Crippen LogP contribution in [0.4, 0.5) is 4.39 Å². The number of hydrogen-bond acceptors (Lipinski definition) is 3. The highest BCUT2D eigenvalue weighted by molar-refractivity contribution is 6.38. The molecule has 2 rings (SSSR count). The highest BCUT2D eigenvalue weighted by Gasteiger charge is 2.17. The van der Waals surface area contributed by atoms with Gasteiger partial charge in [-0.05, 0) is 12.1 Å². The zero-order valence-electron chi connectivity index (χ0n) is 8.63. The molecule has 0 bridgehead atoms. The molecule has 3 nitrogen and oxygen atoms in total. The van der Waals surface area contributed by atoms with Gasteiger partial charge in [0.05, 0.1) is 22.7 Å². The summed E-state index contributed by atoms with van der Waals surface area (Å²) < 4.78 is 18.2. The Labute approximate surface area is 106 Å². The minimum Gasteiger partial charge on any atom is -0.465 e. The zero-order chi connectivity index (χ0) is 12.6. The molecule has 0 radical (unpaired) electrons. The van der Waals surface area contributed by atoms with Gasteiger partial charge in [-0.3, -0.25) is 4.98 Å². The van der Waals surface area contributed by atoms with E-state index >= 15 is 0 Å². The van der Waals surface area contributed by atoms with Gasteiger partial charge in [0.2, 0.25) is 0 Å². The Balaban J connectivity index is 2.77. The van der Waals surface area contributed by atoms with Crippen molar-refractivity contribution in [3.8, 4) is 0 Å². The molecule has 1 aromatic heterocycles. The van der Waals surface area contributed by atoms with E-state index in [0.29, 0.717) is 5.39 Å². The number of methoxy groups -OCH3 is 1.